The molecule has 0 aromatic heterocycles. The number of anilines is 1. The molecule has 0 bridgehead atoms. The van der Waals surface area contributed by atoms with Crippen LogP contribution in [0.15, 0.2) is 60.4 Å². The van der Waals surface area contributed by atoms with Gasteiger partial charge in [0.25, 0.3) is 0 Å². The molecule has 0 spiro atoms. The van der Waals surface area contributed by atoms with Gasteiger partial charge in [0.2, 0.25) is 0 Å². The van der Waals surface area contributed by atoms with E-state index in [1.807, 2.05) is 25.1 Å². The lowest BCUT2D eigenvalue weighted by Gasteiger charge is -2.43. The maximum absolute atomic E-state index is 12.2. The fourth-order valence-electron chi connectivity index (χ4n) is 2.92. The summed E-state index contributed by atoms with van der Waals surface area (Å²) in [6, 6.07) is 7.44. The number of ether oxygens (including phenoxy) is 2. The van der Waals surface area contributed by atoms with Crippen LogP contribution in [0.2, 0.25) is 0 Å². The van der Waals surface area contributed by atoms with Crippen LogP contribution in [0.3, 0.4) is 0 Å². The SMILES string of the molecule is C=C(/C=C(/OC)C(=C)CC)CN1CC(N(C)C(=O)OCc2ccc(N)cc2)C1. The first-order valence-electron chi connectivity index (χ1n) is 9.42. The lowest BCUT2D eigenvalue weighted by Crippen LogP contribution is -2.59. The third kappa shape index (κ3) is 5.89. The number of amides is 1. The molecular formula is C22H31N3O3. The minimum atomic E-state index is -0.318. The Morgan fingerprint density at radius 3 is 2.54 bits per heavy atom. The van der Waals surface area contributed by atoms with Crippen LogP contribution in [-0.4, -0.2) is 55.7 Å². The molecule has 152 valence electrons. The predicted molar refractivity (Wildman–Crippen MR) is 113 cm³/mol. The molecular weight excluding hydrogens is 354 g/mol. The first kappa shape index (κ1) is 21.6. The number of benzene rings is 1. The van der Waals surface area contributed by atoms with E-state index in [1.54, 1.807) is 31.2 Å². The number of carbonyl (C=O) groups is 1. The van der Waals surface area contributed by atoms with Crippen molar-refractivity contribution in [1.82, 2.24) is 9.80 Å². The van der Waals surface area contributed by atoms with Gasteiger partial charge in [-0.05, 0) is 41.3 Å². The van der Waals surface area contributed by atoms with Gasteiger partial charge in [-0.1, -0.05) is 32.2 Å². The van der Waals surface area contributed by atoms with Gasteiger partial charge >= 0.3 is 6.09 Å². The maximum Gasteiger partial charge on any atom is 0.410 e. The minimum absolute atomic E-state index is 0.142. The smallest absolute Gasteiger partial charge is 0.410 e. The molecule has 1 aromatic rings. The molecule has 0 saturated carbocycles. The highest BCUT2D eigenvalue weighted by atomic mass is 16.6. The number of carbonyl (C=O) groups excluding carboxylic acids is 1. The van der Waals surface area contributed by atoms with E-state index >= 15 is 0 Å². The largest absolute Gasteiger partial charge is 0.496 e. The molecule has 0 aliphatic carbocycles. The number of rotatable bonds is 9. The fourth-order valence-corrected chi connectivity index (χ4v) is 2.92. The highest BCUT2D eigenvalue weighted by molar-refractivity contribution is 5.68. The zero-order valence-electron chi connectivity index (χ0n) is 17.1. The van der Waals surface area contributed by atoms with Gasteiger partial charge in [-0.25, -0.2) is 4.79 Å². The fraction of sp³-hybridized carbons (Fsp3) is 0.409. The van der Waals surface area contributed by atoms with Crippen molar-refractivity contribution >= 4 is 11.8 Å². The second-order valence-corrected chi connectivity index (χ2v) is 7.08. The highest BCUT2D eigenvalue weighted by Gasteiger charge is 2.33. The van der Waals surface area contributed by atoms with Gasteiger partial charge in [0, 0.05) is 32.4 Å². The van der Waals surface area contributed by atoms with E-state index in [9.17, 15) is 4.79 Å². The van der Waals surface area contributed by atoms with Crippen LogP contribution in [0, 0.1) is 0 Å². The molecule has 2 N–H and O–H groups in total. The van der Waals surface area contributed by atoms with Crippen LogP contribution in [0.25, 0.3) is 0 Å². The van der Waals surface area contributed by atoms with E-state index in [0.29, 0.717) is 5.69 Å². The standard InChI is InChI=1S/C22H31N3O3/c1-6-17(3)21(27-5)11-16(2)12-25-13-20(14-25)24(4)22(26)28-15-18-7-9-19(23)10-8-18/h7-11,20H,2-3,6,12-15,23H2,1,4-5H3/b21-11+. The summed E-state index contributed by atoms with van der Waals surface area (Å²) in [5.41, 5.74) is 9.17. The number of nitrogen functional groups attached to an aromatic ring is 1. The van der Waals surface area contributed by atoms with Gasteiger partial charge in [-0.3, -0.25) is 4.90 Å². The summed E-state index contributed by atoms with van der Waals surface area (Å²) in [5, 5.41) is 0. The Morgan fingerprint density at radius 1 is 1.32 bits per heavy atom. The van der Waals surface area contributed by atoms with Gasteiger partial charge < -0.3 is 20.1 Å². The third-order valence-electron chi connectivity index (χ3n) is 4.87. The van der Waals surface area contributed by atoms with Gasteiger partial charge in [0.15, 0.2) is 0 Å². The molecule has 0 unspecified atom stereocenters. The molecule has 28 heavy (non-hydrogen) atoms. The van der Waals surface area contributed by atoms with Gasteiger partial charge in [-0.15, -0.1) is 0 Å². The van der Waals surface area contributed by atoms with Gasteiger partial charge in [-0.2, -0.15) is 0 Å². The maximum atomic E-state index is 12.2. The Kier molecular flexibility index (Phi) is 7.70. The highest BCUT2D eigenvalue weighted by Crippen LogP contribution is 2.19. The van der Waals surface area contributed by atoms with Crippen molar-refractivity contribution in [3.05, 3.63) is 66.0 Å². The van der Waals surface area contributed by atoms with Crippen LogP contribution in [0.5, 0.6) is 0 Å². The van der Waals surface area contributed by atoms with Gasteiger partial charge in [0.05, 0.1) is 13.2 Å². The summed E-state index contributed by atoms with van der Waals surface area (Å²) < 4.78 is 10.8. The zero-order chi connectivity index (χ0) is 20.7. The number of likely N-dealkylation sites (tertiary alicyclic amines) is 1. The summed E-state index contributed by atoms with van der Waals surface area (Å²) in [5.74, 6) is 0.771. The molecule has 1 amide bonds. The first-order chi connectivity index (χ1) is 13.3. The summed E-state index contributed by atoms with van der Waals surface area (Å²) in [6.45, 7) is 12.7. The Balaban J connectivity index is 1.75. The van der Waals surface area contributed by atoms with Crippen molar-refractivity contribution in [2.75, 3.05) is 39.5 Å². The summed E-state index contributed by atoms with van der Waals surface area (Å²) >= 11 is 0. The van der Waals surface area contributed by atoms with E-state index < -0.39 is 0 Å². The van der Waals surface area contributed by atoms with Crippen molar-refractivity contribution in [3.8, 4) is 0 Å². The molecule has 6 nitrogen and oxygen atoms in total. The topological polar surface area (TPSA) is 68.0 Å². The Labute approximate surface area is 167 Å². The van der Waals surface area contributed by atoms with E-state index in [-0.39, 0.29) is 18.7 Å². The predicted octanol–water partition coefficient (Wildman–Crippen LogP) is 3.57. The third-order valence-corrected chi connectivity index (χ3v) is 4.87. The zero-order valence-corrected chi connectivity index (χ0v) is 17.1. The van der Waals surface area contributed by atoms with Crippen molar-refractivity contribution in [1.29, 1.82) is 0 Å². The van der Waals surface area contributed by atoms with E-state index in [2.05, 4.69) is 18.1 Å². The molecule has 1 aliphatic heterocycles. The molecule has 1 saturated heterocycles. The molecule has 0 radical (unpaired) electrons. The van der Waals surface area contributed by atoms with Crippen LogP contribution < -0.4 is 5.73 Å². The van der Waals surface area contributed by atoms with E-state index in [1.165, 1.54) is 0 Å². The Hall–Kier alpha value is -2.73. The number of nitrogens with two attached hydrogens (primary N) is 1. The van der Waals surface area contributed by atoms with E-state index in [4.69, 9.17) is 15.2 Å². The molecule has 6 heteroatoms. The monoisotopic (exact) mass is 385 g/mol. The summed E-state index contributed by atoms with van der Waals surface area (Å²) in [4.78, 5) is 16.1. The normalized spacial score (nSPS) is 14.9. The summed E-state index contributed by atoms with van der Waals surface area (Å²) in [7, 11) is 3.42. The average molecular weight is 386 g/mol. The lowest BCUT2D eigenvalue weighted by molar-refractivity contribution is 0.0367. The van der Waals surface area contributed by atoms with Gasteiger partial charge in [0.1, 0.15) is 12.4 Å². The Morgan fingerprint density at radius 2 is 1.96 bits per heavy atom. The van der Waals surface area contributed by atoms with E-state index in [0.717, 1.165) is 48.5 Å². The van der Waals surface area contributed by atoms with Crippen LogP contribution in [-0.2, 0) is 16.1 Å². The number of allylic oxidation sites excluding steroid dienone is 1. The van der Waals surface area contributed by atoms with Crippen molar-refractivity contribution in [2.45, 2.75) is 26.0 Å². The van der Waals surface area contributed by atoms with Crippen LogP contribution in [0.1, 0.15) is 18.9 Å². The summed E-state index contributed by atoms with van der Waals surface area (Å²) in [6.07, 6.45) is 2.45. The number of hydrogen-bond donors (Lipinski definition) is 1. The first-order valence-corrected chi connectivity index (χ1v) is 9.42. The number of methoxy groups -OCH3 is 1. The molecule has 1 heterocycles. The lowest BCUT2D eigenvalue weighted by atomic mass is 10.1. The molecule has 1 aromatic carbocycles. The molecule has 1 aliphatic rings. The molecule has 0 atom stereocenters. The van der Waals surface area contributed by atoms with Crippen molar-refractivity contribution in [2.24, 2.45) is 0 Å². The number of nitrogens with zero attached hydrogens (tertiary/aromatic N) is 2. The minimum Gasteiger partial charge on any atom is -0.496 e. The second-order valence-electron chi connectivity index (χ2n) is 7.08. The second kappa shape index (κ2) is 9.99. The van der Waals surface area contributed by atoms with Crippen molar-refractivity contribution in [3.63, 3.8) is 0 Å². The Bertz CT molecular complexity index is 734. The molecule has 2 rings (SSSR count). The average Bonchev–Trinajstić information content (AvgIpc) is 2.66. The number of likely N-dealkylation sites (N-methyl/N-ethyl adjacent to an activating group) is 1. The number of hydrogen-bond acceptors (Lipinski definition) is 5. The van der Waals surface area contributed by atoms with Crippen LogP contribution in [0.4, 0.5) is 10.5 Å². The molecule has 1 fully saturated rings. The van der Waals surface area contributed by atoms with Crippen molar-refractivity contribution < 1.29 is 14.3 Å². The van der Waals surface area contributed by atoms with Crippen LogP contribution >= 0.6 is 0 Å². The quantitative estimate of drug-likeness (QED) is 0.400.